The van der Waals surface area contributed by atoms with Gasteiger partial charge in [-0.25, -0.2) is 0 Å². The van der Waals surface area contributed by atoms with E-state index in [1.54, 1.807) is 0 Å². The van der Waals surface area contributed by atoms with Gasteiger partial charge in [0.1, 0.15) is 0 Å². The van der Waals surface area contributed by atoms with E-state index in [2.05, 4.69) is 20.9 Å². The number of likely N-dealkylation sites (tertiary alicyclic amines) is 2. The van der Waals surface area contributed by atoms with E-state index in [1.165, 1.54) is 5.56 Å². The quantitative estimate of drug-likeness (QED) is 0.846. The lowest BCUT2D eigenvalue weighted by Gasteiger charge is -2.25. The molecule has 0 aliphatic carbocycles. The number of aromatic nitrogens is 1. The lowest BCUT2D eigenvalue weighted by Crippen LogP contribution is -2.41. The highest BCUT2D eigenvalue weighted by atomic mass is 16.4. The molecule has 2 atom stereocenters. The van der Waals surface area contributed by atoms with Crippen LogP contribution in [0.3, 0.4) is 0 Å². The van der Waals surface area contributed by atoms with E-state index in [-0.39, 0.29) is 12.5 Å². The fraction of sp³-hybridized carbons (Fsp3) is 0.474. The van der Waals surface area contributed by atoms with Crippen molar-refractivity contribution in [2.45, 2.75) is 6.54 Å². The van der Waals surface area contributed by atoms with Crippen LogP contribution in [0.1, 0.15) is 5.56 Å². The molecule has 2 saturated heterocycles. The molecule has 2 fully saturated rings. The lowest BCUT2D eigenvalue weighted by atomic mass is 9.81. The van der Waals surface area contributed by atoms with Crippen molar-refractivity contribution in [3.05, 3.63) is 42.1 Å². The number of aliphatic carboxylic acids is 1. The molecule has 0 radical (unpaired) electrons. The van der Waals surface area contributed by atoms with Gasteiger partial charge in [0.05, 0.1) is 17.5 Å². The molecule has 6 heteroatoms. The summed E-state index contributed by atoms with van der Waals surface area (Å²) in [6.45, 7) is 4.00. The van der Waals surface area contributed by atoms with Gasteiger partial charge < -0.3 is 10.2 Å². The molecule has 2 N–H and O–H groups in total. The topological polar surface area (TPSA) is 76.9 Å². The van der Waals surface area contributed by atoms with Crippen molar-refractivity contribution in [2.75, 3.05) is 39.3 Å². The molecule has 0 unspecified atom stereocenters. The Kier molecular flexibility index (Phi) is 4.19. The minimum absolute atomic E-state index is 0.0785. The minimum atomic E-state index is -0.710. The first-order valence-electron chi connectivity index (χ1n) is 8.74. The van der Waals surface area contributed by atoms with Crippen LogP contribution in [0, 0.1) is 11.3 Å². The van der Waals surface area contributed by atoms with Crippen LogP contribution in [-0.2, 0) is 11.3 Å². The second-order valence-electron chi connectivity index (χ2n) is 7.27. The number of hydrogen-bond acceptors (Lipinski definition) is 5. The summed E-state index contributed by atoms with van der Waals surface area (Å²) in [6.07, 6.45) is 1.82. The summed E-state index contributed by atoms with van der Waals surface area (Å²) in [6, 6.07) is 10.1. The average Bonchev–Trinajstić information content (AvgIpc) is 3.10. The first-order chi connectivity index (χ1) is 12.1. The van der Waals surface area contributed by atoms with E-state index >= 15 is 0 Å². The Morgan fingerprint density at radius 2 is 1.96 bits per heavy atom. The SMILES string of the molecule is O=C(O)[C@@]12CN(CCO)C[C@@H]1CN(Cc1ccnc3ccccc13)C2. The first-order valence-corrected chi connectivity index (χ1v) is 8.74. The van der Waals surface area contributed by atoms with Gasteiger partial charge in [0.15, 0.2) is 0 Å². The van der Waals surface area contributed by atoms with E-state index in [4.69, 9.17) is 5.11 Å². The third kappa shape index (κ3) is 2.80. The van der Waals surface area contributed by atoms with E-state index in [0.29, 0.717) is 19.6 Å². The van der Waals surface area contributed by atoms with Gasteiger partial charge >= 0.3 is 5.97 Å². The molecule has 2 aromatic rings. The number of aliphatic hydroxyl groups is 1. The van der Waals surface area contributed by atoms with Crippen LogP contribution in [0.25, 0.3) is 10.9 Å². The number of fused-ring (bicyclic) bond motifs is 2. The maximum atomic E-state index is 12.0. The van der Waals surface area contributed by atoms with Crippen LogP contribution >= 0.6 is 0 Å². The molecular formula is C19H23N3O3. The molecule has 0 amide bonds. The Bertz CT molecular complexity index is 791. The summed E-state index contributed by atoms with van der Waals surface area (Å²) in [7, 11) is 0. The Balaban J connectivity index is 1.55. The monoisotopic (exact) mass is 341 g/mol. The minimum Gasteiger partial charge on any atom is -0.481 e. The van der Waals surface area contributed by atoms with Crippen molar-refractivity contribution < 1.29 is 15.0 Å². The van der Waals surface area contributed by atoms with Crippen LogP contribution in [0.4, 0.5) is 0 Å². The van der Waals surface area contributed by atoms with E-state index in [0.717, 1.165) is 30.5 Å². The highest BCUT2D eigenvalue weighted by molar-refractivity contribution is 5.82. The fourth-order valence-corrected chi connectivity index (χ4v) is 4.54. The van der Waals surface area contributed by atoms with Crippen molar-refractivity contribution in [1.82, 2.24) is 14.8 Å². The largest absolute Gasteiger partial charge is 0.481 e. The van der Waals surface area contributed by atoms with Crippen molar-refractivity contribution in [1.29, 1.82) is 0 Å². The molecule has 2 aliphatic rings. The highest BCUT2D eigenvalue weighted by Crippen LogP contribution is 2.43. The Morgan fingerprint density at radius 3 is 2.72 bits per heavy atom. The molecule has 25 heavy (non-hydrogen) atoms. The van der Waals surface area contributed by atoms with Crippen molar-refractivity contribution in [3.63, 3.8) is 0 Å². The first kappa shape index (κ1) is 16.4. The van der Waals surface area contributed by atoms with Crippen LogP contribution in [-0.4, -0.2) is 70.3 Å². The zero-order valence-electron chi connectivity index (χ0n) is 14.1. The zero-order chi connectivity index (χ0) is 17.4. The molecule has 6 nitrogen and oxygen atoms in total. The van der Waals surface area contributed by atoms with Gasteiger partial charge in [-0.3, -0.25) is 19.6 Å². The number of nitrogens with zero attached hydrogens (tertiary/aromatic N) is 3. The molecule has 1 aromatic heterocycles. The summed E-state index contributed by atoms with van der Waals surface area (Å²) in [5.41, 5.74) is 1.46. The van der Waals surface area contributed by atoms with Gasteiger partial charge in [0.2, 0.25) is 0 Å². The van der Waals surface area contributed by atoms with Gasteiger partial charge in [0, 0.05) is 56.8 Å². The van der Waals surface area contributed by atoms with Crippen molar-refractivity contribution in [2.24, 2.45) is 11.3 Å². The molecule has 0 spiro atoms. The Hall–Kier alpha value is -2.02. The predicted molar refractivity (Wildman–Crippen MR) is 94.1 cm³/mol. The van der Waals surface area contributed by atoms with Crippen LogP contribution in [0.15, 0.2) is 36.5 Å². The van der Waals surface area contributed by atoms with Gasteiger partial charge in [-0.15, -0.1) is 0 Å². The number of pyridine rings is 1. The molecule has 0 saturated carbocycles. The maximum Gasteiger partial charge on any atom is 0.312 e. The summed E-state index contributed by atoms with van der Waals surface area (Å²) < 4.78 is 0. The van der Waals surface area contributed by atoms with Crippen LogP contribution in [0.5, 0.6) is 0 Å². The number of rotatable bonds is 5. The van der Waals surface area contributed by atoms with Crippen molar-refractivity contribution in [3.8, 4) is 0 Å². The number of carboxylic acids is 1. The standard InChI is InChI=1S/C19H23N3O3/c23-8-7-21-10-15-11-22(13-19(15,12-21)18(24)25)9-14-5-6-20-17-4-2-1-3-16(14)17/h1-6,15,23H,7-13H2,(H,24,25)/t15-,19-/m1/s1. The zero-order valence-corrected chi connectivity index (χ0v) is 14.1. The highest BCUT2D eigenvalue weighted by Gasteiger charge is 2.57. The molecule has 3 heterocycles. The van der Waals surface area contributed by atoms with Gasteiger partial charge in [-0.1, -0.05) is 18.2 Å². The van der Waals surface area contributed by atoms with Crippen LogP contribution < -0.4 is 0 Å². The summed E-state index contributed by atoms with van der Waals surface area (Å²) in [5, 5.41) is 20.2. The number of aliphatic hydroxyl groups excluding tert-OH is 1. The molecule has 0 bridgehead atoms. The average molecular weight is 341 g/mol. The van der Waals surface area contributed by atoms with Crippen molar-refractivity contribution >= 4 is 16.9 Å². The molecule has 4 rings (SSSR count). The third-order valence-corrected chi connectivity index (χ3v) is 5.73. The maximum absolute atomic E-state index is 12.0. The van der Waals surface area contributed by atoms with E-state index in [9.17, 15) is 9.90 Å². The smallest absolute Gasteiger partial charge is 0.312 e. The summed E-state index contributed by atoms with van der Waals surface area (Å²) >= 11 is 0. The number of hydrogen-bond donors (Lipinski definition) is 2. The molecule has 2 aliphatic heterocycles. The molecule has 1 aromatic carbocycles. The lowest BCUT2D eigenvalue weighted by molar-refractivity contribution is -0.149. The van der Waals surface area contributed by atoms with Gasteiger partial charge in [-0.2, -0.15) is 0 Å². The fourth-order valence-electron chi connectivity index (χ4n) is 4.54. The molecule has 132 valence electrons. The molecular weight excluding hydrogens is 318 g/mol. The number of carbonyl (C=O) groups is 1. The number of benzene rings is 1. The van der Waals surface area contributed by atoms with E-state index < -0.39 is 11.4 Å². The van der Waals surface area contributed by atoms with Crippen LogP contribution in [0.2, 0.25) is 0 Å². The number of β-amino-alcohol motifs (C(OH)–C–C–N with tert-alkyl or cyclic N) is 1. The third-order valence-electron chi connectivity index (χ3n) is 5.73. The van der Waals surface area contributed by atoms with Gasteiger partial charge in [0.25, 0.3) is 0 Å². The predicted octanol–water partition coefficient (Wildman–Crippen LogP) is 1.05. The van der Waals surface area contributed by atoms with Gasteiger partial charge in [-0.05, 0) is 17.7 Å². The normalized spacial score (nSPS) is 27.0. The number of para-hydroxylation sites is 1. The Labute approximate surface area is 146 Å². The van der Waals surface area contributed by atoms with E-state index in [1.807, 2.05) is 30.5 Å². The Morgan fingerprint density at radius 1 is 1.20 bits per heavy atom. The second-order valence-corrected chi connectivity index (χ2v) is 7.27. The summed E-state index contributed by atoms with van der Waals surface area (Å²) in [4.78, 5) is 20.8. The summed E-state index contributed by atoms with van der Waals surface area (Å²) in [5.74, 6) is -0.593. The number of carboxylic acid groups (broad SMARTS) is 1. The second kappa shape index (κ2) is 6.37.